The van der Waals surface area contributed by atoms with E-state index in [0.717, 1.165) is 22.5 Å². The standard InChI is InChI=1S/C21H22N4O/c1-15-6-8-16(9-7-15)17-11-18(13-22-12-17)21(26)24-14-19-20(25(2)3)5-4-10-23-19/h4-13H,14H2,1-3H3,(H,24,26). The Hall–Kier alpha value is -3.21. The molecular formula is C21H22N4O. The summed E-state index contributed by atoms with van der Waals surface area (Å²) in [5.41, 5.74) is 5.50. The summed E-state index contributed by atoms with van der Waals surface area (Å²) in [6, 6.07) is 13.9. The fraction of sp³-hybridized carbons (Fsp3) is 0.190. The highest BCUT2D eigenvalue weighted by Gasteiger charge is 2.10. The zero-order chi connectivity index (χ0) is 18.5. The van der Waals surface area contributed by atoms with Gasteiger partial charge in [0, 0.05) is 38.2 Å². The molecule has 1 amide bonds. The van der Waals surface area contributed by atoms with Gasteiger partial charge in [0.25, 0.3) is 5.91 Å². The Morgan fingerprint density at radius 3 is 2.58 bits per heavy atom. The minimum absolute atomic E-state index is 0.165. The third-order valence-corrected chi connectivity index (χ3v) is 4.15. The fourth-order valence-corrected chi connectivity index (χ4v) is 2.71. The van der Waals surface area contributed by atoms with Crippen LogP contribution in [0, 0.1) is 6.92 Å². The van der Waals surface area contributed by atoms with Crippen LogP contribution < -0.4 is 10.2 Å². The molecule has 2 aromatic heterocycles. The second kappa shape index (κ2) is 7.78. The van der Waals surface area contributed by atoms with Gasteiger partial charge < -0.3 is 10.2 Å². The second-order valence-electron chi connectivity index (χ2n) is 6.37. The molecule has 1 aromatic carbocycles. The molecule has 5 heteroatoms. The van der Waals surface area contributed by atoms with E-state index in [0.29, 0.717) is 12.1 Å². The highest BCUT2D eigenvalue weighted by Crippen LogP contribution is 2.20. The van der Waals surface area contributed by atoms with Crippen LogP contribution in [0.15, 0.2) is 61.1 Å². The molecule has 0 radical (unpaired) electrons. The maximum Gasteiger partial charge on any atom is 0.253 e. The highest BCUT2D eigenvalue weighted by molar-refractivity contribution is 5.95. The van der Waals surface area contributed by atoms with Crippen molar-refractivity contribution in [2.45, 2.75) is 13.5 Å². The number of aromatic nitrogens is 2. The lowest BCUT2D eigenvalue weighted by Crippen LogP contribution is -2.25. The van der Waals surface area contributed by atoms with Crippen molar-refractivity contribution in [2.24, 2.45) is 0 Å². The first kappa shape index (κ1) is 17.6. The fourth-order valence-electron chi connectivity index (χ4n) is 2.71. The molecule has 26 heavy (non-hydrogen) atoms. The van der Waals surface area contributed by atoms with Crippen LogP contribution in [0.2, 0.25) is 0 Å². The van der Waals surface area contributed by atoms with E-state index in [1.807, 2.05) is 68.4 Å². The number of hydrogen-bond donors (Lipinski definition) is 1. The molecule has 5 nitrogen and oxygen atoms in total. The van der Waals surface area contributed by atoms with E-state index < -0.39 is 0 Å². The molecule has 2 heterocycles. The van der Waals surface area contributed by atoms with Gasteiger partial charge in [-0.05, 0) is 30.7 Å². The van der Waals surface area contributed by atoms with Crippen molar-refractivity contribution in [2.75, 3.05) is 19.0 Å². The van der Waals surface area contributed by atoms with Crippen molar-refractivity contribution < 1.29 is 4.79 Å². The second-order valence-corrected chi connectivity index (χ2v) is 6.37. The molecule has 3 aromatic rings. The molecule has 0 unspecified atom stereocenters. The monoisotopic (exact) mass is 346 g/mol. The Morgan fingerprint density at radius 2 is 1.85 bits per heavy atom. The van der Waals surface area contributed by atoms with E-state index >= 15 is 0 Å². The largest absolute Gasteiger partial charge is 0.376 e. The molecule has 0 spiro atoms. The summed E-state index contributed by atoms with van der Waals surface area (Å²) in [5.74, 6) is -0.165. The number of rotatable bonds is 5. The van der Waals surface area contributed by atoms with Gasteiger partial charge in [-0.2, -0.15) is 0 Å². The van der Waals surface area contributed by atoms with Crippen LogP contribution in [0.4, 0.5) is 5.69 Å². The molecule has 0 aliphatic carbocycles. The number of hydrogen-bond acceptors (Lipinski definition) is 4. The molecule has 0 aliphatic heterocycles. The van der Waals surface area contributed by atoms with Crippen LogP contribution >= 0.6 is 0 Å². The van der Waals surface area contributed by atoms with E-state index in [2.05, 4.69) is 15.3 Å². The molecule has 0 saturated carbocycles. The Kier molecular flexibility index (Phi) is 5.27. The van der Waals surface area contributed by atoms with E-state index in [4.69, 9.17) is 0 Å². The van der Waals surface area contributed by atoms with Gasteiger partial charge in [-0.15, -0.1) is 0 Å². The normalized spacial score (nSPS) is 10.4. The number of nitrogens with one attached hydrogen (secondary N) is 1. The van der Waals surface area contributed by atoms with Gasteiger partial charge in [0.15, 0.2) is 0 Å². The van der Waals surface area contributed by atoms with Crippen LogP contribution in [-0.4, -0.2) is 30.0 Å². The number of anilines is 1. The van der Waals surface area contributed by atoms with Crippen LogP contribution in [0.3, 0.4) is 0 Å². The first-order valence-electron chi connectivity index (χ1n) is 8.46. The number of aryl methyl sites for hydroxylation is 1. The van der Waals surface area contributed by atoms with Crippen molar-refractivity contribution in [3.63, 3.8) is 0 Å². The average molecular weight is 346 g/mol. The zero-order valence-electron chi connectivity index (χ0n) is 15.2. The SMILES string of the molecule is Cc1ccc(-c2cncc(C(=O)NCc3ncccc3N(C)C)c2)cc1. The van der Waals surface area contributed by atoms with Crippen molar-refractivity contribution in [3.8, 4) is 11.1 Å². The van der Waals surface area contributed by atoms with Crippen LogP contribution in [0.5, 0.6) is 0 Å². The molecule has 0 aliphatic rings. The van der Waals surface area contributed by atoms with Gasteiger partial charge in [0.2, 0.25) is 0 Å². The molecular weight excluding hydrogens is 324 g/mol. The van der Waals surface area contributed by atoms with Gasteiger partial charge in [-0.3, -0.25) is 14.8 Å². The van der Waals surface area contributed by atoms with Gasteiger partial charge >= 0.3 is 0 Å². The minimum Gasteiger partial charge on any atom is -0.376 e. The Balaban J connectivity index is 1.75. The molecule has 0 bridgehead atoms. The summed E-state index contributed by atoms with van der Waals surface area (Å²) in [7, 11) is 3.91. The summed E-state index contributed by atoms with van der Waals surface area (Å²) in [5, 5.41) is 2.93. The summed E-state index contributed by atoms with van der Waals surface area (Å²) >= 11 is 0. The quantitative estimate of drug-likeness (QED) is 0.769. The number of pyridine rings is 2. The van der Waals surface area contributed by atoms with Crippen molar-refractivity contribution >= 4 is 11.6 Å². The van der Waals surface area contributed by atoms with Crippen LogP contribution in [0.25, 0.3) is 11.1 Å². The predicted octanol–water partition coefficient (Wildman–Crippen LogP) is 3.45. The van der Waals surface area contributed by atoms with E-state index in [1.54, 1.807) is 18.6 Å². The van der Waals surface area contributed by atoms with E-state index in [9.17, 15) is 4.79 Å². The Labute approximate surface area is 153 Å². The number of carbonyl (C=O) groups excluding carboxylic acids is 1. The number of benzene rings is 1. The maximum absolute atomic E-state index is 12.5. The lowest BCUT2D eigenvalue weighted by Gasteiger charge is -2.16. The number of amides is 1. The topological polar surface area (TPSA) is 58.1 Å². The van der Waals surface area contributed by atoms with Gasteiger partial charge in [0.1, 0.15) is 0 Å². The first-order valence-corrected chi connectivity index (χ1v) is 8.46. The van der Waals surface area contributed by atoms with Crippen molar-refractivity contribution in [3.05, 3.63) is 77.9 Å². The first-order chi connectivity index (χ1) is 12.5. The van der Waals surface area contributed by atoms with Gasteiger partial charge in [0.05, 0.1) is 23.5 Å². The molecule has 132 valence electrons. The number of carbonyl (C=O) groups is 1. The van der Waals surface area contributed by atoms with Gasteiger partial charge in [-0.25, -0.2) is 0 Å². The average Bonchev–Trinajstić information content (AvgIpc) is 2.67. The van der Waals surface area contributed by atoms with Crippen molar-refractivity contribution in [1.82, 2.24) is 15.3 Å². The summed E-state index contributed by atoms with van der Waals surface area (Å²) in [6.45, 7) is 2.41. The highest BCUT2D eigenvalue weighted by atomic mass is 16.1. The van der Waals surface area contributed by atoms with E-state index in [-0.39, 0.29) is 5.91 Å². The molecule has 0 saturated heterocycles. The van der Waals surface area contributed by atoms with E-state index in [1.165, 1.54) is 5.56 Å². The van der Waals surface area contributed by atoms with Crippen LogP contribution in [-0.2, 0) is 6.54 Å². The van der Waals surface area contributed by atoms with Crippen LogP contribution in [0.1, 0.15) is 21.6 Å². The van der Waals surface area contributed by atoms with Gasteiger partial charge in [-0.1, -0.05) is 29.8 Å². The smallest absolute Gasteiger partial charge is 0.253 e. The molecule has 0 fully saturated rings. The maximum atomic E-state index is 12.5. The third kappa shape index (κ3) is 4.06. The molecule has 1 N–H and O–H groups in total. The Morgan fingerprint density at radius 1 is 1.08 bits per heavy atom. The summed E-state index contributed by atoms with van der Waals surface area (Å²) < 4.78 is 0. The summed E-state index contributed by atoms with van der Waals surface area (Å²) in [4.78, 5) is 23.1. The zero-order valence-corrected chi connectivity index (χ0v) is 15.2. The Bertz CT molecular complexity index is 904. The third-order valence-electron chi connectivity index (χ3n) is 4.15. The number of nitrogens with zero attached hydrogens (tertiary/aromatic N) is 3. The predicted molar refractivity (Wildman–Crippen MR) is 104 cm³/mol. The van der Waals surface area contributed by atoms with Crippen molar-refractivity contribution in [1.29, 1.82) is 0 Å². The lowest BCUT2D eigenvalue weighted by molar-refractivity contribution is 0.0950. The minimum atomic E-state index is -0.165. The summed E-state index contributed by atoms with van der Waals surface area (Å²) in [6.07, 6.45) is 5.08. The molecule has 0 atom stereocenters. The lowest BCUT2D eigenvalue weighted by atomic mass is 10.0. The molecule has 3 rings (SSSR count).